The molecule has 1 aromatic carbocycles. The van der Waals surface area contributed by atoms with Crippen LogP contribution >= 0.6 is 0 Å². The minimum absolute atomic E-state index is 0.226. The van der Waals surface area contributed by atoms with Crippen LogP contribution in [0.3, 0.4) is 0 Å². The molecule has 0 saturated carbocycles. The van der Waals surface area contributed by atoms with Gasteiger partial charge in [0.2, 0.25) is 5.95 Å². The number of aromatic nitrogens is 2. The molecule has 0 radical (unpaired) electrons. The summed E-state index contributed by atoms with van der Waals surface area (Å²) in [5.74, 6) is -5.52. The van der Waals surface area contributed by atoms with E-state index in [0.717, 1.165) is 112 Å². The Kier molecular flexibility index (Phi) is 16.7. The SMILES string of the molecule is Cc1c(C)c2c(c(C)c1O)CCC(C)(CN1CCN(c3cc(N4CCCC4)nc(N4CCCC4)n3)CC1)O2.O=C(O)CC(O)(CC(=O)O)C(=O)O.O=C(O)CC(O)(CC(=O)O)C(=O)O. The number of carboxylic acid groups (broad SMARTS) is 6. The van der Waals surface area contributed by atoms with Crippen LogP contribution in [-0.2, 0) is 35.2 Å². The van der Waals surface area contributed by atoms with Gasteiger partial charge in [0, 0.05) is 70.5 Å². The van der Waals surface area contributed by atoms with Crippen LogP contribution in [0.25, 0.3) is 0 Å². The second kappa shape index (κ2) is 21.1. The number of benzene rings is 1. The first-order valence-electron chi connectivity index (χ1n) is 21.0. The van der Waals surface area contributed by atoms with Crippen LogP contribution < -0.4 is 19.4 Å². The third-order valence-electron chi connectivity index (χ3n) is 11.9. The molecule has 0 amide bonds. The van der Waals surface area contributed by atoms with Crippen LogP contribution in [-0.4, -0.2) is 172 Å². The highest BCUT2D eigenvalue weighted by Gasteiger charge is 2.42. The number of aliphatic hydroxyl groups is 2. The lowest BCUT2D eigenvalue weighted by atomic mass is 9.87. The number of fused-ring (bicyclic) bond motifs is 1. The van der Waals surface area contributed by atoms with E-state index in [-0.39, 0.29) is 5.60 Å². The zero-order valence-corrected chi connectivity index (χ0v) is 36.6. The first kappa shape index (κ1) is 50.6. The summed E-state index contributed by atoms with van der Waals surface area (Å²) in [6.45, 7) is 17.5. The van der Waals surface area contributed by atoms with Crippen molar-refractivity contribution in [2.45, 2.75) is 109 Å². The summed E-state index contributed by atoms with van der Waals surface area (Å²) in [4.78, 5) is 80.9. The van der Waals surface area contributed by atoms with Gasteiger partial charge in [0.1, 0.15) is 28.7 Å². The van der Waals surface area contributed by atoms with Crippen LogP contribution in [0.1, 0.15) is 87.0 Å². The van der Waals surface area contributed by atoms with E-state index < -0.39 is 72.7 Å². The monoisotopic (exact) mass is 904 g/mol. The molecule has 5 heterocycles. The number of hydrogen-bond acceptors (Lipinski definition) is 16. The van der Waals surface area contributed by atoms with Crippen molar-refractivity contribution < 1.29 is 79.5 Å². The van der Waals surface area contributed by atoms with Gasteiger partial charge < -0.3 is 65.4 Å². The fourth-order valence-corrected chi connectivity index (χ4v) is 8.18. The number of piperazine rings is 1. The van der Waals surface area contributed by atoms with E-state index in [2.05, 4.69) is 39.5 Å². The minimum Gasteiger partial charge on any atom is -0.507 e. The lowest BCUT2D eigenvalue weighted by Crippen LogP contribution is -2.54. The predicted octanol–water partition coefficient (Wildman–Crippen LogP) is 1.72. The fraction of sp³-hybridized carbons (Fsp3) is 0.619. The van der Waals surface area contributed by atoms with Crippen molar-refractivity contribution in [1.82, 2.24) is 14.9 Å². The average Bonchev–Trinajstić information content (AvgIpc) is 3.95. The van der Waals surface area contributed by atoms with Crippen molar-refractivity contribution in [2.24, 2.45) is 0 Å². The molecule has 22 nitrogen and oxygen atoms in total. The number of hydrogen-bond donors (Lipinski definition) is 9. The summed E-state index contributed by atoms with van der Waals surface area (Å²) < 4.78 is 6.73. The highest BCUT2D eigenvalue weighted by Crippen LogP contribution is 2.43. The van der Waals surface area contributed by atoms with Crippen LogP contribution in [0.5, 0.6) is 11.5 Å². The first-order chi connectivity index (χ1) is 29.9. The first-order valence-corrected chi connectivity index (χ1v) is 21.0. The number of phenolic OH excluding ortho intramolecular Hbond substituents is 1. The molecule has 4 aliphatic rings. The summed E-state index contributed by atoms with van der Waals surface area (Å²) in [7, 11) is 0. The molecule has 4 aliphatic heterocycles. The largest absolute Gasteiger partial charge is 0.507 e. The Balaban J connectivity index is 0.000000285. The lowest BCUT2D eigenvalue weighted by molar-refractivity contribution is -0.170. The van der Waals surface area contributed by atoms with Crippen molar-refractivity contribution in [1.29, 1.82) is 0 Å². The minimum atomic E-state index is -2.74. The zero-order valence-electron chi connectivity index (χ0n) is 36.6. The molecule has 0 aliphatic carbocycles. The van der Waals surface area contributed by atoms with E-state index in [0.29, 0.717) is 5.75 Å². The quantitative estimate of drug-likeness (QED) is 0.123. The molecule has 6 rings (SSSR count). The van der Waals surface area contributed by atoms with Gasteiger partial charge >= 0.3 is 35.8 Å². The summed E-state index contributed by atoms with van der Waals surface area (Å²) in [6, 6.07) is 2.23. The van der Waals surface area contributed by atoms with Crippen molar-refractivity contribution in [3.8, 4) is 11.5 Å². The molecular weight excluding hydrogens is 844 g/mol. The molecule has 22 heteroatoms. The van der Waals surface area contributed by atoms with E-state index in [1.165, 1.54) is 31.2 Å². The Morgan fingerprint density at radius 2 is 1.03 bits per heavy atom. The van der Waals surface area contributed by atoms with Gasteiger partial charge in [0.05, 0.1) is 25.7 Å². The number of nitrogens with zero attached hydrogens (tertiary/aromatic N) is 6. The standard InChI is InChI=1S/C30H44N6O2.2C6H8O7/c1-21-22(2)28-24(23(3)27(21)37)9-10-30(4,38-28)20-33-15-17-35(18-16-33)26-19-25(34-11-5-6-12-34)31-29(32-26)36-13-7-8-14-36;2*7-3(8)1-6(13,5(11)12)2-4(9)10/h19,37H,5-18,20H2,1-4H3;2*13H,1-2H2,(H,7,8)(H,9,10)(H,11,12). The molecule has 2 aromatic rings. The molecule has 354 valence electrons. The summed E-state index contributed by atoms with van der Waals surface area (Å²) in [5.41, 5.74) is -1.54. The van der Waals surface area contributed by atoms with Gasteiger partial charge in [-0.1, -0.05) is 0 Å². The maximum atomic E-state index is 10.5. The molecule has 0 bridgehead atoms. The average molecular weight is 905 g/mol. The predicted molar refractivity (Wildman–Crippen MR) is 227 cm³/mol. The Bertz CT molecular complexity index is 1940. The van der Waals surface area contributed by atoms with Gasteiger partial charge in [-0.3, -0.25) is 24.1 Å². The van der Waals surface area contributed by atoms with Crippen molar-refractivity contribution in [3.05, 3.63) is 28.3 Å². The van der Waals surface area contributed by atoms with Gasteiger partial charge in [0.25, 0.3) is 0 Å². The van der Waals surface area contributed by atoms with Crippen molar-refractivity contribution in [2.75, 3.05) is 73.6 Å². The van der Waals surface area contributed by atoms with Crippen LogP contribution in [0, 0.1) is 20.8 Å². The van der Waals surface area contributed by atoms with Crippen LogP contribution in [0.4, 0.5) is 17.6 Å². The van der Waals surface area contributed by atoms with E-state index >= 15 is 0 Å². The maximum absolute atomic E-state index is 10.5. The lowest BCUT2D eigenvalue weighted by Gasteiger charge is -2.43. The Labute approximate surface area is 369 Å². The zero-order chi connectivity index (χ0) is 47.7. The third-order valence-corrected chi connectivity index (χ3v) is 11.9. The van der Waals surface area contributed by atoms with Crippen LogP contribution in [0.15, 0.2) is 6.07 Å². The van der Waals surface area contributed by atoms with Crippen molar-refractivity contribution in [3.63, 3.8) is 0 Å². The molecule has 3 fully saturated rings. The topological polar surface area (TPSA) is 332 Å². The number of ether oxygens (including phenoxy) is 1. The molecule has 1 unspecified atom stereocenters. The smallest absolute Gasteiger partial charge is 0.336 e. The maximum Gasteiger partial charge on any atom is 0.336 e. The molecular formula is C42H60N6O16. The molecule has 0 spiro atoms. The van der Waals surface area contributed by atoms with Gasteiger partial charge in [0.15, 0.2) is 11.2 Å². The Morgan fingerprint density at radius 1 is 0.625 bits per heavy atom. The second-order valence-electron chi connectivity index (χ2n) is 17.1. The number of aromatic hydroxyl groups is 1. The number of anilines is 3. The Hall–Kier alpha value is -6.00. The molecule has 1 atom stereocenters. The van der Waals surface area contributed by atoms with Gasteiger partial charge in [-0.05, 0) is 82.9 Å². The van der Waals surface area contributed by atoms with Gasteiger partial charge in [-0.15, -0.1) is 0 Å². The fourth-order valence-electron chi connectivity index (χ4n) is 8.18. The summed E-state index contributed by atoms with van der Waals surface area (Å²) in [5, 5.41) is 78.1. The summed E-state index contributed by atoms with van der Waals surface area (Å²) in [6.07, 6.45) is 2.31. The number of phenols is 1. The highest BCUT2D eigenvalue weighted by atomic mass is 16.5. The van der Waals surface area contributed by atoms with E-state index in [4.69, 9.17) is 55.6 Å². The normalized spacial score (nSPS) is 18.8. The highest BCUT2D eigenvalue weighted by molar-refractivity contribution is 5.88. The van der Waals surface area contributed by atoms with E-state index in [1.807, 2.05) is 13.8 Å². The molecule has 1 aromatic heterocycles. The van der Waals surface area contributed by atoms with Crippen molar-refractivity contribution >= 4 is 53.4 Å². The summed E-state index contributed by atoms with van der Waals surface area (Å²) >= 11 is 0. The Morgan fingerprint density at radius 3 is 1.44 bits per heavy atom. The number of carboxylic acids is 6. The number of aliphatic carboxylic acids is 6. The van der Waals surface area contributed by atoms with E-state index in [1.54, 1.807) is 0 Å². The molecule has 9 N–H and O–H groups in total. The molecule has 64 heavy (non-hydrogen) atoms. The van der Waals surface area contributed by atoms with E-state index in [9.17, 15) is 33.9 Å². The number of carbonyl (C=O) groups is 6. The second-order valence-corrected chi connectivity index (χ2v) is 17.1. The van der Waals surface area contributed by atoms with Gasteiger partial charge in [-0.25, -0.2) is 9.59 Å². The third kappa shape index (κ3) is 13.0. The van der Waals surface area contributed by atoms with Gasteiger partial charge in [-0.2, -0.15) is 9.97 Å². The van der Waals surface area contributed by atoms with Crippen LogP contribution in [0.2, 0.25) is 0 Å². The molecule has 3 saturated heterocycles. The number of rotatable bonds is 15.